The number of nitrogens with zero attached hydrogens (tertiary/aromatic N) is 1. The molecule has 6 heteroatoms. The first-order chi connectivity index (χ1) is 12.1. The van der Waals surface area contributed by atoms with Crippen LogP contribution >= 0.6 is 0 Å². The lowest BCUT2D eigenvalue weighted by molar-refractivity contribution is -0.0493. The summed E-state index contributed by atoms with van der Waals surface area (Å²) in [4.78, 5) is 14.8. The van der Waals surface area contributed by atoms with Crippen LogP contribution in [0.2, 0.25) is 0 Å². The van der Waals surface area contributed by atoms with Crippen LogP contribution in [0.1, 0.15) is 28.8 Å². The van der Waals surface area contributed by atoms with Crippen LogP contribution < -0.4 is 10.1 Å². The number of likely N-dealkylation sites (tertiary alicyclic amines) is 1. The van der Waals surface area contributed by atoms with Gasteiger partial charge < -0.3 is 10.1 Å². The molecule has 1 saturated heterocycles. The number of carbonyl (C=O) groups excluding carboxylic acids is 1. The molecule has 1 fully saturated rings. The van der Waals surface area contributed by atoms with Crippen LogP contribution in [-0.2, 0) is 6.54 Å². The van der Waals surface area contributed by atoms with E-state index in [1.54, 1.807) is 18.2 Å². The third-order valence-corrected chi connectivity index (χ3v) is 4.15. The fourth-order valence-electron chi connectivity index (χ4n) is 2.97. The van der Waals surface area contributed by atoms with Crippen molar-refractivity contribution in [2.75, 3.05) is 18.4 Å². The second kappa shape index (κ2) is 8.07. The summed E-state index contributed by atoms with van der Waals surface area (Å²) >= 11 is 0. The smallest absolute Gasteiger partial charge is 0.387 e. The second-order valence-corrected chi connectivity index (χ2v) is 6.01. The molecule has 0 atom stereocenters. The van der Waals surface area contributed by atoms with Crippen LogP contribution in [0.25, 0.3) is 0 Å². The first-order valence-electron chi connectivity index (χ1n) is 8.28. The second-order valence-electron chi connectivity index (χ2n) is 6.01. The van der Waals surface area contributed by atoms with Crippen molar-refractivity contribution < 1.29 is 18.3 Å². The Hall–Kier alpha value is -2.47. The minimum absolute atomic E-state index is 0.0564. The summed E-state index contributed by atoms with van der Waals surface area (Å²) in [6, 6.07) is 13.5. The van der Waals surface area contributed by atoms with Crippen LogP contribution in [0.5, 0.6) is 5.75 Å². The minimum atomic E-state index is -2.94. The van der Waals surface area contributed by atoms with Gasteiger partial charge in [0.05, 0.1) is 5.69 Å². The Labute approximate surface area is 145 Å². The normalized spacial score (nSPS) is 14.7. The van der Waals surface area contributed by atoms with E-state index in [1.165, 1.54) is 25.0 Å². The Balaban J connectivity index is 1.71. The quantitative estimate of drug-likeness (QED) is 0.855. The van der Waals surface area contributed by atoms with Crippen molar-refractivity contribution in [2.24, 2.45) is 0 Å². The van der Waals surface area contributed by atoms with Crippen molar-refractivity contribution in [1.82, 2.24) is 4.90 Å². The zero-order valence-electron chi connectivity index (χ0n) is 13.8. The molecular formula is C19H20F2N2O2. The number of hydrogen-bond acceptors (Lipinski definition) is 3. The lowest BCUT2D eigenvalue weighted by Crippen LogP contribution is -2.19. The van der Waals surface area contributed by atoms with Crippen molar-refractivity contribution in [1.29, 1.82) is 0 Å². The molecule has 1 heterocycles. The summed E-state index contributed by atoms with van der Waals surface area (Å²) in [5, 5.41) is 2.64. The average Bonchev–Trinajstić information content (AvgIpc) is 3.09. The molecule has 2 aromatic carbocycles. The average molecular weight is 346 g/mol. The van der Waals surface area contributed by atoms with Crippen molar-refractivity contribution in [3.63, 3.8) is 0 Å². The topological polar surface area (TPSA) is 41.6 Å². The Kier molecular flexibility index (Phi) is 5.60. The first-order valence-corrected chi connectivity index (χ1v) is 8.28. The molecule has 1 aliphatic rings. The van der Waals surface area contributed by atoms with Crippen LogP contribution in [0.3, 0.4) is 0 Å². The lowest BCUT2D eigenvalue weighted by atomic mass is 10.1. The molecule has 1 aliphatic heterocycles. The van der Waals surface area contributed by atoms with Crippen LogP contribution in [0, 0.1) is 0 Å². The molecule has 3 rings (SSSR count). The van der Waals surface area contributed by atoms with E-state index in [-0.39, 0.29) is 17.3 Å². The SMILES string of the molecule is O=C(Nc1ccccc1OC(F)F)c1cccc(CN2CCCC2)c1. The number of ether oxygens (including phenoxy) is 1. The van der Waals surface area contributed by atoms with Gasteiger partial charge in [0.2, 0.25) is 0 Å². The Morgan fingerprint density at radius 2 is 1.88 bits per heavy atom. The molecule has 25 heavy (non-hydrogen) atoms. The van der Waals surface area contributed by atoms with Gasteiger partial charge in [0.1, 0.15) is 5.75 Å². The molecular weight excluding hydrogens is 326 g/mol. The standard InChI is InChI=1S/C19H20F2N2O2/c20-19(21)25-17-9-2-1-8-16(17)22-18(24)15-7-5-6-14(12-15)13-23-10-3-4-11-23/h1-2,5-9,12,19H,3-4,10-11,13H2,(H,22,24). The van der Waals surface area contributed by atoms with Gasteiger partial charge in [-0.25, -0.2) is 0 Å². The van der Waals surface area contributed by atoms with E-state index in [1.807, 2.05) is 18.2 Å². The van der Waals surface area contributed by atoms with Gasteiger partial charge in [-0.2, -0.15) is 8.78 Å². The highest BCUT2D eigenvalue weighted by Gasteiger charge is 2.15. The third kappa shape index (κ3) is 4.76. The molecule has 2 aromatic rings. The number of rotatable bonds is 6. The number of amides is 1. The number of anilines is 1. The number of carbonyl (C=O) groups is 1. The van der Waals surface area contributed by atoms with Gasteiger partial charge in [-0.05, 0) is 55.8 Å². The highest BCUT2D eigenvalue weighted by atomic mass is 19.3. The zero-order valence-corrected chi connectivity index (χ0v) is 13.8. The molecule has 0 aromatic heterocycles. The predicted octanol–water partition coefficient (Wildman–Crippen LogP) is 4.14. The maximum Gasteiger partial charge on any atom is 0.387 e. The molecule has 0 saturated carbocycles. The molecule has 0 aliphatic carbocycles. The molecule has 0 unspecified atom stereocenters. The summed E-state index contributed by atoms with van der Waals surface area (Å²) in [6.07, 6.45) is 2.42. The minimum Gasteiger partial charge on any atom is -0.433 e. The Morgan fingerprint density at radius 3 is 2.64 bits per heavy atom. The molecule has 132 valence electrons. The lowest BCUT2D eigenvalue weighted by Gasteiger charge is -2.15. The van der Waals surface area contributed by atoms with Gasteiger partial charge in [-0.1, -0.05) is 24.3 Å². The van der Waals surface area contributed by atoms with Crippen LogP contribution in [-0.4, -0.2) is 30.5 Å². The summed E-state index contributed by atoms with van der Waals surface area (Å²) in [5.74, 6) is -0.410. The van der Waals surface area contributed by atoms with Crippen molar-refractivity contribution in [3.8, 4) is 5.75 Å². The molecule has 1 amide bonds. The van der Waals surface area contributed by atoms with E-state index in [9.17, 15) is 13.6 Å². The molecule has 1 N–H and O–H groups in total. The number of alkyl halides is 2. The Morgan fingerprint density at radius 1 is 1.12 bits per heavy atom. The monoisotopic (exact) mass is 346 g/mol. The number of para-hydroxylation sites is 2. The van der Waals surface area contributed by atoms with Gasteiger partial charge in [0, 0.05) is 12.1 Å². The third-order valence-electron chi connectivity index (χ3n) is 4.15. The van der Waals surface area contributed by atoms with Gasteiger partial charge in [-0.15, -0.1) is 0 Å². The van der Waals surface area contributed by atoms with Gasteiger partial charge >= 0.3 is 6.61 Å². The van der Waals surface area contributed by atoms with E-state index in [0.717, 1.165) is 25.2 Å². The van der Waals surface area contributed by atoms with Gasteiger partial charge in [0.25, 0.3) is 5.91 Å². The molecule has 0 bridgehead atoms. The molecule has 0 spiro atoms. The fourth-order valence-corrected chi connectivity index (χ4v) is 2.97. The fraction of sp³-hybridized carbons (Fsp3) is 0.316. The van der Waals surface area contributed by atoms with Crippen LogP contribution in [0.4, 0.5) is 14.5 Å². The number of halogens is 2. The molecule has 0 radical (unpaired) electrons. The van der Waals surface area contributed by atoms with E-state index in [4.69, 9.17) is 0 Å². The summed E-state index contributed by atoms with van der Waals surface area (Å²) in [6.45, 7) is 0.0252. The number of hydrogen-bond donors (Lipinski definition) is 1. The largest absolute Gasteiger partial charge is 0.433 e. The first kappa shape index (κ1) is 17.4. The maximum absolute atomic E-state index is 12.5. The highest BCUT2D eigenvalue weighted by molar-refractivity contribution is 6.05. The summed E-state index contributed by atoms with van der Waals surface area (Å²) in [7, 11) is 0. The van der Waals surface area contributed by atoms with E-state index in [2.05, 4.69) is 15.0 Å². The zero-order chi connectivity index (χ0) is 17.6. The summed E-state index contributed by atoms with van der Waals surface area (Å²) < 4.78 is 29.4. The maximum atomic E-state index is 12.5. The van der Waals surface area contributed by atoms with E-state index in [0.29, 0.717) is 5.56 Å². The van der Waals surface area contributed by atoms with Crippen molar-refractivity contribution in [2.45, 2.75) is 26.0 Å². The van der Waals surface area contributed by atoms with Gasteiger partial charge in [0.15, 0.2) is 0 Å². The predicted molar refractivity (Wildman–Crippen MR) is 92.0 cm³/mol. The van der Waals surface area contributed by atoms with Crippen LogP contribution in [0.15, 0.2) is 48.5 Å². The van der Waals surface area contributed by atoms with E-state index >= 15 is 0 Å². The van der Waals surface area contributed by atoms with Crippen molar-refractivity contribution in [3.05, 3.63) is 59.7 Å². The summed E-state index contributed by atoms with van der Waals surface area (Å²) in [5.41, 5.74) is 1.77. The number of nitrogens with one attached hydrogen (secondary N) is 1. The van der Waals surface area contributed by atoms with Crippen molar-refractivity contribution >= 4 is 11.6 Å². The number of benzene rings is 2. The van der Waals surface area contributed by atoms with Gasteiger partial charge in [-0.3, -0.25) is 9.69 Å². The molecule has 4 nitrogen and oxygen atoms in total. The highest BCUT2D eigenvalue weighted by Crippen LogP contribution is 2.26. The Bertz CT molecular complexity index is 731. The van der Waals surface area contributed by atoms with E-state index < -0.39 is 6.61 Å².